The van der Waals surface area contributed by atoms with Crippen molar-refractivity contribution in [3.8, 4) is 57.1 Å². The van der Waals surface area contributed by atoms with Gasteiger partial charge in [-0.15, -0.1) is 0 Å². The number of aliphatic hydroxyl groups is 8. The van der Waals surface area contributed by atoms with E-state index in [0.717, 1.165) is 107 Å². The van der Waals surface area contributed by atoms with Crippen molar-refractivity contribution >= 4 is 63.7 Å². The molecule has 8 N–H and O–H groups in total. The van der Waals surface area contributed by atoms with Crippen LogP contribution in [0, 0.1) is 34.6 Å². The maximum atomic E-state index is 8.56. The Balaban J connectivity index is 0.000000671. The SMILES string of the molecule is CC(O)CC(C)O.CC(O)CC(C)O.CC(O)CC(C)O.CC(O)CC(C)O.COc1ccc2nc(-c3cccc(C)n3)ccc2c1.COc1ccc2nc(-c3ccccn3)ccc2c1.Cc1ccc(C)c(-c2ccc3cc(S(C)(C)C)ccc3n2)n1.Cc1cnc(-c2ccc3cc(S(C)(C)C)ccc3n2)c(C)c1.[Ir].[Ir].[Ir].[Ir]. The fourth-order valence-electron chi connectivity index (χ4n) is 11.0. The topological polar surface area (TPSA) is 283 Å². The molecule has 0 bridgehead atoms. The number of hydrogen-bond acceptors (Lipinski definition) is 18. The van der Waals surface area contributed by atoms with Crippen LogP contribution in [0.5, 0.6) is 11.5 Å². The van der Waals surface area contributed by atoms with Crippen LogP contribution in [-0.4, -0.2) is 181 Å². The first-order valence-corrected chi connectivity index (χ1v) is 42.3. The quantitative estimate of drug-likeness (QED) is 0.0446. The van der Waals surface area contributed by atoms with Gasteiger partial charge in [-0.05, 0) is 307 Å². The van der Waals surface area contributed by atoms with Gasteiger partial charge in [0.05, 0.1) is 131 Å². The minimum absolute atomic E-state index is 0. The summed E-state index contributed by atoms with van der Waals surface area (Å²) in [5.41, 5.74) is 16.9. The van der Waals surface area contributed by atoms with Crippen LogP contribution in [0.25, 0.3) is 89.2 Å². The molecule has 4 radical (unpaired) electrons. The van der Waals surface area contributed by atoms with Gasteiger partial charge >= 0.3 is 0 Å². The van der Waals surface area contributed by atoms with E-state index in [1.165, 1.54) is 31.7 Å². The zero-order chi connectivity index (χ0) is 80.9. The molecule has 8 aromatic heterocycles. The number of benzene rings is 4. The summed E-state index contributed by atoms with van der Waals surface area (Å²) in [6.07, 6.45) is 16.5. The second-order valence-electron chi connectivity index (χ2n) is 29.2. The summed E-state index contributed by atoms with van der Waals surface area (Å²) in [6.45, 7) is 23.5. The number of ether oxygens (including phenoxy) is 2. The van der Waals surface area contributed by atoms with Gasteiger partial charge in [0, 0.05) is 126 Å². The van der Waals surface area contributed by atoms with Gasteiger partial charge in [-0.25, -0.2) is 40.0 Å². The minimum atomic E-state index is -0.709. The van der Waals surface area contributed by atoms with Crippen molar-refractivity contribution in [1.82, 2.24) is 39.9 Å². The number of aliphatic hydroxyl groups excluding tert-OH is 8. The molecule has 0 saturated heterocycles. The molecule has 12 aromatic rings. The van der Waals surface area contributed by atoms with Gasteiger partial charge < -0.3 is 50.3 Å². The molecule has 0 fully saturated rings. The maximum absolute atomic E-state index is 8.56. The second-order valence-corrected chi connectivity index (χ2v) is 37.5. The number of nitrogens with zero attached hydrogens (tertiary/aromatic N) is 8. The van der Waals surface area contributed by atoms with E-state index in [1.807, 2.05) is 123 Å². The third-order valence-electron chi connectivity index (χ3n) is 16.3. The molecule has 8 heterocycles. The summed E-state index contributed by atoms with van der Waals surface area (Å²) in [5.74, 6) is 1.69. The number of rotatable bonds is 16. The van der Waals surface area contributed by atoms with E-state index in [1.54, 1.807) is 75.8 Å². The Morgan fingerprint density at radius 2 is 0.655 bits per heavy atom. The van der Waals surface area contributed by atoms with Crippen molar-refractivity contribution < 1.29 is 131 Å². The molecule has 12 rings (SSSR count). The molecular weight excluding hydrogens is 2170 g/mol. The standard InChI is InChI=1S/2C19H22N2S.C16H14N2O.C15H12N2O.4C5H12O2.4Ir/c1-13-10-14(2)19(20-12-13)18-8-6-15-11-16(22(3,4)5)7-9-17(15)21-18;1-13-6-7-14(2)20-19(13)18-10-8-15-12-16(22(3,4)5)9-11-17(15)21-18;1-11-4-3-5-15(17-11)16-8-6-12-10-13(19-2)7-9-14(12)18-16;1-18-12-6-8-13-11(10-12)5-7-15(17-13)14-4-2-3-9-16-14;4*1-4(6)3-5(2)7;;;;/h2*6-12H,1-5H3;3-10H,1-2H3;2-10H,1H3;4*4-7H,3H2,1-2H3;;;;. The van der Waals surface area contributed by atoms with Crippen LogP contribution in [-0.2, 0) is 80.4 Å². The molecule has 18 nitrogen and oxygen atoms in total. The van der Waals surface area contributed by atoms with Crippen LogP contribution in [0.2, 0.25) is 0 Å². The van der Waals surface area contributed by atoms with Crippen LogP contribution in [0.15, 0.2) is 198 Å². The number of hydrogen-bond donors (Lipinski definition) is 8. The van der Waals surface area contributed by atoms with Gasteiger partial charge in [-0.3, -0.25) is 19.9 Å². The van der Waals surface area contributed by atoms with E-state index in [2.05, 4.69) is 161 Å². The van der Waals surface area contributed by atoms with Gasteiger partial charge in [0.15, 0.2) is 0 Å². The van der Waals surface area contributed by atoms with Gasteiger partial charge in [-0.2, -0.15) is 0 Å². The Labute approximate surface area is 727 Å². The molecule has 113 heavy (non-hydrogen) atoms. The molecular formula is C89H118Ir4N8O10S2. The predicted molar refractivity (Wildman–Crippen MR) is 456 cm³/mol. The molecule has 0 spiro atoms. The minimum Gasteiger partial charge on any atom is -0.497 e. The van der Waals surface area contributed by atoms with Gasteiger partial charge in [-0.1, -0.05) is 48.5 Å². The molecule has 622 valence electrons. The summed E-state index contributed by atoms with van der Waals surface area (Å²) < 4.78 is 10.4. The van der Waals surface area contributed by atoms with E-state index < -0.39 is 20.1 Å². The molecule has 0 saturated carbocycles. The van der Waals surface area contributed by atoms with Crippen LogP contribution < -0.4 is 9.47 Å². The van der Waals surface area contributed by atoms with Crippen molar-refractivity contribution in [3.05, 3.63) is 216 Å². The van der Waals surface area contributed by atoms with Crippen molar-refractivity contribution in [2.24, 2.45) is 0 Å². The monoisotopic (exact) mass is 2290 g/mol. The number of aryl methyl sites for hydroxylation is 5. The van der Waals surface area contributed by atoms with Gasteiger partial charge in [0.2, 0.25) is 0 Å². The zero-order valence-electron chi connectivity index (χ0n) is 69.0. The van der Waals surface area contributed by atoms with E-state index in [9.17, 15) is 0 Å². The molecule has 0 aliphatic carbocycles. The summed E-state index contributed by atoms with van der Waals surface area (Å²) in [7, 11) is 1.91. The third kappa shape index (κ3) is 37.7. The van der Waals surface area contributed by atoms with Crippen molar-refractivity contribution in [2.45, 2.75) is 174 Å². The Morgan fingerprint density at radius 3 is 1.01 bits per heavy atom. The van der Waals surface area contributed by atoms with Gasteiger partial charge in [0.1, 0.15) is 11.5 Å². The van der Waals surface area contributed by atoms with Crippen LogP contribution in [0.1, 0.15) is 109 Å². The first-order chi connectivity index (χ1) is 51.3. The fraction of sp³-hybridized carbons (Fsp3) is 0.371. The predicted octanol–water partition coefficient (Wildman–Crippen LogP) is 17.4. The van der Waals surface area contributed by atoms with Gasteiger partial charge in [0.25, 0.3) is 0 Å². The molecule has 0 amide bonds. The molecule has 0 aliphatic rings. The smallest absolute Gasteiger partial charge is 0.119 e. The fourth-order valence-corrected chi connectivity index (χ4v) is 12.9. The molecule has 8 atom stereocenters. The maximum Gasteiger partial charge on any atom is 0.119 e. The zero-order valence-corrected chi connectivity index (χ0v) is 80.2. The number of aromatic nitrogens is 8. The largest absolute Gasteiger partial charge is 0.497 e. The number of methoxy groups -OCH3 is 2. The van der Waals surface area contributed by atoms with Crippen LogP contribution >= 0.6 is 20.1 Å². The Kier molecular flexibility index (Phi) is 47.9. The van der Waals surface area contributed by atoms with Crippen molar-refractivity contribution in [2.75, 3.05) is 51.8 Å². The Morgan fingerprint density at radius 1 is 0.310 bits per heavy atom. The van der Waals surface area contributed by atoms with E-state index in [0.29, 0.717) is 25.7 Å². The summed E-state index contributed by atoms with van der Waals surface area (Å²) in [6, 6.07) is 59.6. The number of pyridine rings is 8. The van der Waals surface area contributed by atoms with Crippen molar-refractivity contribution in [1.29, 1.82) is 0 Å². The molecule has 4 aromatic carbocycles. The van der Waals surface area contributed by atoms with E-state index >= 15 is 0 Å². The number of fused-ring (bicyclic) bond motifs is 4. The average molecular weight is 2290 g/mol. The third-order valence-corrected chi connectivity index (χ3v) is 19.6. The van der Waals surface area contributed by atoms with Crippen molar-refractivity contribution in [3.63, 3.8) is 0 Å². The normalized spacial score (nSPS) is 13.0. The molecule has 8 unspecified atom stereocenters. The van der Waals surface area contributed by atoms with Crippen LogP contribution in [0.4, 0.5) is 0 Å². The molecule has 24 heteroatoms. The van der Waals surface area contributed by atoms with E-state index in [-0.39, 0.29) is 129 Å². The molecule has 0 aliphatic heterocycles. The average Bonchev–Trinajstić information content (AvgIpc) is 0.806. The Hall–Kier alpha value is -6.30. The van der Waals surface area contributed by atoms with Crippen LogP contribution in [0.3, 0.4) is 0 Å². The van der Waals surface area contributed by atoms with E-state index in [4.69, 9.17) is 60.3 Å². The second kappa shape index (κ2) is 51.7. The summed E-state index contributed by atoms with van der Waals surface area (Å²) >= 11 is 0. The first-order valence-electron chi connectivity index (χ1n) is 36.6. The summed E-state index contributed by atoms with van der Waals surface area (Å²) in [4.78, 5) is 39.7. The summed E-state index contributed by atoms with van der Waals surface area (Å²) in [5, 5.41) is 73.0. The Bertz CT molecular complexity index is 4700. The first kappa shape index (κ1) is 105.